The first-order valence-electron chi connectivity index (χ1n) is 9.97. The van der Waals surface area contributed by atoms with E-state index in [4.69, 9.17) is 5.73 Å². The van der Waals surface area contributed by atoms with Crippen molar-refractivity contribution >= 4 is 22.9 Å². The van der Waals surface area contributed by atoms with E-state index in [0.29, 0.717) is 11.6 Å². The molecule has 9 heteroatoms. The molecule has 0 unspecified atom stereocenters. The number of phenols is 1. The molecule has 2 heterocycles. The molecule has 2 aromatic heterocycles. The number of aromatic nitrogens is 2. The summed E-state index contributed by atoms with van der Waals surface area (Å²) in [7, 11) is 0. The van der Waals surface area contributed by atoms with E-state index in [1.54, 1.807) is 12.4 Å². The van der Waals surface area contributed by atoms with Gasteiger partial charge in [0.2, 0.25) is 0 Å². The van der Waals surface area contributed by atoms with Crippen LogP contribution >= 0.6 is 11.3 Å². The summed E-state index contributed by atoms with van der Waals surface area (Å²) in [5.74, 6) is -2.48. The van der Waals surface area contributed by atoms with Crippen molar-refractivity contribution in [3.05, 3.63) is 58.9 Å². The molecule has 3 atom stereocenters. The predicted octanol–water partition coefficient (Wildman–Crippen LogP) is 4.67. The summed E-state index contributed by atoms with van der Waals surface area (Å²) in [5.41, 5.74) is 7.29. The quantitative estimate of drug-likeness (QED) is 0.543. The fourth-order valence-electron chi connectivity index (χ4n) is 4.19. The van der Waals surface area contributed by atoms with E-state index in [-0.39, 0.29) is 22.7 Å². The second-order valence-corrected chi connectivity index (χ2v) is 8.84. The third-order valence-corrected chi connectivity index (χ3v) is 6.40. The summed E-state index contributed by atoms with van der Waals surface area (Å²) < 4.78 is 28.3. The van der Waals surface area contributed by atoms with E-state index in [9.17, 15) is 18.7 Å². The van der Waals surface area contributed by atoms with E-state index in [2.05, 4.69) is 22.2 Å². The number of nitrogens with zero attached hydrogens (tertiary/aromatic N) is 2. The minimum atomic E-state index is -1.11. The molecule has 162 valence electrons. The van der Waals surface area contributed by atoms with Crippen LogP contribution in [-0.4, -0.2) is 27.0 Å². The van der Waals surface area contributed by atoms with Gasteiger partial charge in [-0.15, -0.1) is 11.3 Å². The fraction of sp³-hybridized carbons (Fsp3) is 0.318. The highest BCUT2D eigenvalue weighted by molar-refractivity contribution is 7.13. The SMILES string of the molecule is C[C@@H]1C[C@H](N)C[C@H](c2ccncc2NC(=O)c2csc(-c3c(F)ccc(O)c3F)n2)C1. The number of carbonyl (C=O) groups excluding carboxylic acids is 1. The Hall–Kier alpha value is -2.91. The number of pyridine rings is 1. The number of hydrogen-bond donors (Lipinski definition) is 3. The van der Waals surface area contributed by atoms with Crippen LogP contribution in [0, 0.1) is 17.6 Å². The number of halogens is 2. The summed E-state index contributed by atoms with van der Waals surface area (Å²) in [5, 5.41) is 13.7. The monoisotopic (exact) mass is 444 g/mol. The maximum absolute atomic E-state index is 14.2. The summed E-state index contributed by atoms with van der Waals surface area (Å²) >= 11 is 0.916. The average molecular weight is 445 g/mol. The molecular weight excluding hydrogens is 422 g/mol. The molecule has 1 aliphatic carbocycles. The van der Waals surface area contributed by atoms with Gasteiger partial charge in [0, 0.05) is 17.6 Å². The topological polar surface area (TPSA) is 101 Å². The van der Waals surface area contributed by atoms with Crippen molar-refractivity contribution in [2.45, 2.75) is 38.1 Å². The van der Waals surface area contributed by atoms with Crippen LogP contribution in [0.5, 0.6) is 5.75 Å². The second kappa shape index (κ2) is 8.68. The summed E-state index contributed by atoms with van der Waals surface area (Å²) in [6.45, 7) is 2.17. The Balaban J connectivity index is 1.58. The van der Waals surface area contributed by atoms with Gasteiger partial charge in [0.15, 0.2) is 11.6 Å². The van der Waals surface area contributed by atoms with Gasteiger partial charge in [-0.2, -0.15) is 0 Å². The van der Waals surface area contributed by atoms with Crippen molar-refractivity contribution in [3.63, 3.8) is 0 Å². The van der Waals surface area contributed by atoms with Gasteiger partial charge in [0.1, 0.15) is 16.5 Å². The Bertz CT molecular complexity index is 1110. The molecule has 6 nitrogen and oxygen atoms in total. The lowest BCUT2D eigenvalue weighted by Crippen LogP contribution is -2.31. The van der Waals surface area contributed by atoms with E-state index in [1.165, 1.54) is 5.38 Å². The molecule has 31 heavy (non-hydrogen) atoms. The van der Waals surface area contributed by atoms with E-state index < -0.39 is 28.9 Å². The Morgan fingerprint density at radius 2 is 2.06 bits per heavy atom. The largest absolute Gasteiger partial charge is 0.505 e. The van der Waals surface area contributed by atoms with Crippen LogP contribution in [0.2, 0.25) is 0 Å². The maximum Gasteiger partial charge on any atom is 0.275 e. The van der Waals surface area contributed by atoms with Gasteiger partial charge < -0.3 is 16.2 Å². The lowest BCUT2D eigenvalue weighted by molar-refractivity contribution is 0.102. The number of benzene rings is 1. The third kappa shape index (κ3) is 4.42. The number of carbonyl (C=O) groups is 1. The maximum atomic E-state index is 14.2. The van der Waals surface area contributed by atoms with Crippen LogP contribution in [0.1, 0.15) is 48.2 Å². The number of nitrogens with one attached hydrogen (secondary N) is 1. The fourth-order valence-corrected chi connectivity index (χ4v) is 5.03. The van der Waals surface area contributed by atoms with Crippen molar-refractivity contribution in [3.8, 4) is 16.3 Å². The molecule has 1 aliphatic rings. The number of aromatic hydroxyl groups is 1. The molecule has 0 aliphatic heterocycles. The Kier molecular flexibility index (Phi) is 5.97. The zero-order chi connectivity index (χ0) is 22.1. The average Bonchev–Trinajstić information content (AvgIpc) is 3.21. The number of nitrogens with two attached hydrogens (primary N) is 1. The summed E-state index contributed by atoms with van der Waals surface area (Å²) in [6, 6.07) is 3.87. The number of rotatable bonds is 4. The van der Waals surface area contributed by atoms with E-state index >= 15 is 0 Å². The van der Waals surface area contributed by atoms with Crippen molar-refractivity contribution in [1.82, 2.24) is 9.97 Å². The molecular formula is C22H22F2N4O2S. The van der Waals surface area contributed by atoms with Crippen molar-refractivity contribution in [2.75, 3.05) is 5.32 Å². The highest BCUT2D eigenvalue weighted by atomic mass is 32.1. The second-order valence-electron chi connectivity index (χ2n) is 7.98. The molecule has 1 aromatic carbocycles. The zero-order valence-electron chi connectivity index (χ0n) is 16.8. The van der Waals surface area contributed by atoms with Gasteiger partial charge in [-0.05, 0) is 54.9 Å². The van der Waals surface area contributed by atoms with Gasteiger partial charge in [-0.25, -0.2) is 13.8 Å². The molecule has 0 spiro atoms. The van der Waals surface area contributed by atoms with Crippen LogP contribution in [0.15, 0.2) is 36.0 Å². The number of hydrogen-bond acceptors (Lipinski definition) is 6. The number of anilines is 1. The van der Waals surface area contributed by atoms with Gasteiger partial charge in [0.05, 0.1) is 17.4 Å². The molecule has 0 radical (unpaired) electrons. The minimum absolute atomic E-state index is 0.0191. The van der Waals surface area contributed by atoms with Crippen molar-refractivity contribution < 1.29 is 18.7 Å². The Labute approximate surface area is 182 Å². The lowest BCUT2D eigenvalue weighted by Gasteiger charge is -2.32. The molecule has 1 saturated carbocycles. The van der Waals surface area contributed by atoms with Crippen LogP contribution in [0.25, 0.3) is 10.6 Å². The molecule has 3 aromatic rings. The highest BCUT2D eigenvalue weighted by Crippen LogP contribution is 2.38. The first-order valence-corrected chi connectivity index (χ1v) is 10.8. The number of thiazole rings is 1. The molecule has 4 rings (SSSR count). The molecule has 0 saturated heterocycles. The van der Waals surface area contributed by atoms with Crippen molar-refractivity contribution in [1.29, 1.82) is 0 Å². The van der Waals surface area contributed by atoms with Gasteiger partial charge in [-0.1, -0.05) is 6.92 Å². The highest BCUT2D eigenvalue weighted by Gasteiger charge is 2.28. The van der Waals surface area contributed by atoms with E-state index in [0.717, 1.165) is 48.3 Å². The Morgan fingerprint density at radius 3 is 2.84 bits per heavy atom. The predicted molar refractivity (Wildman–Crippen MR) is 115 cm³/mol. The van der Waals surface area contributed by atoms with Crippen LogP contribution in [0.4, 0.5) is 14.5 Å². The minimum Gasteiger partial charge on any atom is -0.505 e. The van der Waals surface area contributed by atoms with E-state index in [1.807, 2.05) is 6.07 Å². The normalized spacial score (nSPS) is 21.1. The van der Waals surface area contributed by atoms with Crippen LogP contribution in [0.3, 0.4) is 0 Å². The van der Waals surface area contributed by atoms with Crippen LogP contribution < -0.4 is 11.1 Å². The van der Waals surface area contributed by atoms with Crippen molar-refractivity contribution in [2.24, 2.45) is 11.7 Å². The smallest absolute Gasteiger partial charge is 0.275 e. The number of amides is 1. The lowest BCUT2D eigenvalue weighted by atomic mass is 9.76. The molecule has 0 bridgehead atoms. The first-order chi connectivity index (χ1) is 14.8. The van der Waals surface area contributed by atoms with Gasteiger partial charge >= 0.3 is 0 Å². The molecule has 4 N–H and O–H groups in total. The molecule has 1 amide bonds. The summed E-state index contributed by atoms with van der Waals surface area (Å²) in [4.78, 5) is 21.0. The first kappa shape index (κ1) is 21.3. The third-order valence-electron chi connectivity index (χ3n) is 5.54. The van der Waals surface area contributed by atoms with Crippen LogP contribution in [-0.2, 0) is 0 Å². The van der Waals surface area contributed by atoms with Gasteiger partial charge in [0.25, 0.3) is 5.91 Å². The Morgan fingerprint density at radius 1 is 1.26 bits per heavy atom. The summed E-state index contributed by atoms with van der Waals surface area (Å²) in [6.07, 6.45) is 6.04. The molecule has 1 fully saturated rings. The van der Waals surface area contributed by atoms with Gasteiger partial charge in [-0.3, -0.25) is 9.78 Å². The zero-order valence-corrected chi connectivity index (χ0v) is 17.6. The number of phenolic OH excluding ortho intramolecular Hbond substituents is 1. The standard InChI is InChI=1S/C22H22F2N4O2S/c1-11-6-12(8-13(25)7-11)14-4-5-26-9-16(14)27-21(30)17-10-31-22(28-17)19-15(23)2-3-18(29)20(19)24/h2-5,9-13,29H,6-8,25H2,1H3,(H,27,30)/t11-,12+,13-/m0/s1.